The van der Waals surface area contributed by atoms with Gasteiger partial charge in [-0.2, -0.15) is 0 Å². The Morgan fingerprint density at radius 2 is 2.25 bits per heavy atom. The number of amides is 1. The smallest absolute Gasteiger partial charge is 0.251 e. The Labute approximate surface area is 118 Å². The van der Waals surface area contributed by atoms with Crippen LogP contribution in [0.4, 0.5) is 4.39 Å². The zero-order chi connectivity index (χ0) is 14.6. The molecule has 4 heteroatoms. The summed E-state index contributed by atoms with van der Waals surface area (Å²) in [5.74, 6) is 4.51. The van der Waals surface area contributed by atoms with Crippen LogP contribution in [-0.4, -0.2) is 24.2 Å². The van der Waals surface area contributed by atoms with Gasteiger partial charge in [-0.1, -0.05) is 18.8 Å². The highest BCUT2D eigenvalue weighted by Crippen LogP contribution is 2.44. The van der Waals surface area contributed by atoms with E-state index < -0.39 is 5.82 Å². The first-order chi connectivity index (χ1) is 9.54. The molecule has 0 unspecified atom stereocenters. The van der Waals surface area contributed by atoms with E-state index in [1.54, 1.807) is 6.07 Å². The Kier molecular flexibility index (Phi) is 4.41. The lowest BCUT2D eigenvalue weighted by Crippen LogP contribution is -2.29. The predicted molar refractivity (Wildman–Crippen MR) is 74.7 cm³/mol. The van der Waals surface area contributed by atoms with Crippen LogP contribution in [0.15, 0.2) is 18.2 Å². The number of benzene rings is 1. The third-order valence-electron chi connectivity index (χ3n) is 3.47. The van der Waals surface area contributed by atoms with Crippen LogP contribution in [0.25, 0.3) is 0 Å². The number of aliphatic hydroxyl groups is 1. The van der Waals surface area contributed by atoms with Gasteiger partial charge in [-0.15, -0.1) is 0 Å². The number of halogens is 1. The van der Waals surface area contributed by atoms with Crippen molar-refractivity contribution in [3.05, 3.63) is 35.1 Å². The van der Waals surface area contributed by atoms with Crippen LogP contribution in [0, 0.1) is 23.1 Å². The fourth-order valence-electron chi connectivity index (χ4n) is 1.76. The molecule has 0 aliphatic heterocycles. The van der Waals surface area contributed by atoms with E-state index in [4.69, 9.17) is 5.11 Å². The van der Waals surface area contributed by atoms with Crippen LogP contribution in [-0.2, 0) is 0 Å². The maximum atomic E-state index is 13.8. The quantitative estimate of drug-likeness (QED) is 0.827. The molecule has 0 spiro atoms. The number of hydrogen-bond acceptors (Lipinski definition) is 2. The van der Waals surface area contributed by atoms with Crippen LogP contribution in [0.1, 0.15) is 42.1 Å². The molecular formula is C16H18FNO2. The van der Waals surface area contributed by atoms with Gasteiger partial charge in [0.2, 0.25) is 0 Å². The number of rotatable bonds is 4. The minimum absolute atomic E-state index is 0.0477. The Bertz CT molecular complexity index is 568. The Balaban J connectivity index is 2.00. The molecular weight excluding hydrogens is 257 g/mol. The lowest BCUT2D eigenvalue weighted by atomic mass is 10.1. The topological polar surface area (TPSA) is 49.3 Å². The van der Waals surface area contributed by atoms with E-state index in [-0.39, 0.29) is 23.5 Å². The van der Waals surface area contributed by atoms with Crippen molar-refractivity contribution in [3.63, 3.8) is 0 Å². The van der Waals surface area contributed by atoms with E-state index >= 15 is 0 Å². The first-order valence-electron chi connectivity index (χ1n) is 6.72. The summed E-state index contributed by atoms with van der Waals surface area (Å²) in [6.07, 6.45) is 2.56. The molecule has 2 N–H and O–H groups in total. The fraction of sp³-hybridized carbons (Fsp3) is 0.438. The molecule has 20 heavy (non-hydrogen) atoms. The largest absolute Gasteiger partial charge is 0.395 e. The normalized spacial score (nSPS) is 15.2. The van der Waals surface area contributed by atoms with E-state index in [1.807, 2.05) is 0 Å². The molecule has 106 valence electrons. The lowest BCUT2D eigenvalue weighted by Gasteiger charge is -2.10. The summed E-state index contributed by atoms with van der Waals surface area (Å²) >= 11 is 0. The Hall–Kier alpha value is -1.86. The summed E-state index contributed by atoms with van der Waals surface area (Å²) < 4.78 is 13.8. The second-order valence-corrected chi connectivity index (χ2v) is 5.46. The first-order valence-corrected chi connectivity index (χ1v) is 6.72. The third kappa shape index (κ3) is 3.82. The summed E-state index contributed by atoms with van der Waals surface area (Å²) in [7, 11) is 0. The molecule has 1 aliphatic carbocycles. The molecule has 1 aliphatic rings. The monoisotopic (exact) mass is 275 g/mol. The Morgan fingerprint density at radius 1 is 1.50 bits per heavy atom. The molecule has 0 atom stereocenters. The highest BCUT2D eigenvalue weighted by atomic mass is 19.1. The standard InChI is InChI=1S/C16H18FNO2/c1-16(7-8-16)11-18-15(20)13-6-5-12(14(17)10-13)4-2-3-9-19/h5-6,10,19H,3,7-9,11H2,1H3,(H,18,20). The van der Waals surface area contributed by atoms with Crippen LogP contribution in [0.2, 0.25) is 0 Å². The minimum Gasteiger partial charge on any atom is -0.395 e. The van der Waals surface area contributed by atoms with Gasteiger partial charge >= 0.3 is 0 Å². The van der Waals surface area contributed by atoms with E-state index in [1.165, 1.54) is 12.1 Å². The predicted octanol–water partition coefficient (Wildman–Crippen LogP) is 2.09. The molecule has 1 saturated carbocycles. The maximum Gasteiger partial charge on any atom is 0.251 e. The van der Waals surface area contributed by atoms with Gasteiger partial charge in [-0.3, -0.25) is 4.79 Å². The highest BCUT2D eigenvalue weighted by Gasteiger charge is 2.37. The van der Waals surface area contributed by atoms with Crippen LogP contribution < -0.4 is 5.32 Å². The van der Waals surface area contributed by atoms with Gasteiger partial charge in [-0.25, -0.2) is 4.39 Å². The molecule has 0 bridgehead atoms. The number of nitrogens with one attached hydrogen (secondary N) is 1. The van der Waals surface area contributed by atoms with Crippen LogP contribution >= 0.6 is 0 Å². The maximum absolute atomic E-state index is 13.8. The zero-order valence-electron chi connectivity index (χ0n) is 11.5. The molecule has 0 radical (unpaired) electrons. The first kappa shape index (κ1) is 14.5. The second kappa shape index (κ2) is 6.06. The molecule has 1 aromatic carbocycles. The van der Waals surface area contributed by atoms with Gasteiger partial charge in [0.25, 0.3) is 5.91 Å². The van der Waals surface area contributed by atoms with Gasteiger partial charge in [0, 0.05) is 18.5 Å². The van der Waals surface area contributed by atoms with E-state index in [2.05, 4.69) is 24.1 Å². The van der Waals surface area contributed by atoms with Crippen molar-refractivity contribution in [2.75, 3.05) is 13.2 Å². The summed E-state index contributed by atoms with van der Waals surface area (Å²) in [6.45, 7) is 2.70. The van der Waals surface area contributed by atoms with Crippen LogP contribution in [0.3, 0.4) is 0 Å². The zero-order valence-corrected chi connectivity index (χ0v) is 11.5. The van der Waals surface area contributed by atoms with Gasteiger partial charge in [0.15, 0.2) is 0 Å². The minimum atomic E-state index is -0.513. The molecule has 1 fully saturated rings. The average Bonchev–Trinajstić information content (AvgIpc) is 3.16. The molecule has 0 saturated heterocycles. The summed E-state index contributed by atoms with van der Waals surface area (Å²) in [5.41, 5.74) is 0.771. The SMILES string of the molecule is CC1(CNC(=O)c2ccc(C#CCCO)c(F)c2)CC1. The molecule has 2 rings (SSSR count). The molecule has 1 aromatic rings. The van der Waals surface area contributed by atoms with Crippen molar-refractivity contribution in [1.29, 1.82) is 0 Å². The summed E-state index contributed by atoms with van der Waals surface area (Å²) in [5, 5.41) is 11.4. The van der Waals surface area contributed by atoms with Crippen LogP contribution in [0.5, 0.6) is 0 Å². The number of carbonyl (C=O) groups is 1. The molecule has 3 nitrogen and oxygen atoms in total. The van der Waals surface area contributed by atoms with E-state index in [0.717, 1.165) is 12.8 Å². The van der Waals surface area contributed by atoms with Gasteiger partial charge < -0.3 is 10.4 Å². The van der Waals surface area contributed by atoms with Crippen molar-refractivity contribution in [3.8, 4) is 11.8 Å². The van der Waals surface area contributed by atoms with Crippen molar-refractivity contribution < 1.29 is 14.3 Å². The lowest BCUT2D eigenvalue weighted by molar-refractivity contribution is 0.0945. The highest BCUT2D eigenvalue weighted by molar-refractivity contribution is 5.94. The third-order valence-corrected chi connectivity index (χ3v) is 3.47. The molecule has 1 amide bonds. The summed E-state index contributed by atoms with van der Waals surface area (Å²) in [4.78, 5) is 11.9. The van der Waals surface area contributed by atoms with Crippen molar-refractivity contribution in [2.24, 2.45) is 5.41 Å². The number of carbonyl (C=O) groups excluding carboxylic acids is 1. The van der Waals surface area contributed by atoms with E-state index in [9.17, 15) is 9.18 Å². The number of aliphatic hydroxyl groups excluding tert-OH is 1. The van der Waals surface area contributed by atoms with E-state index in [0.29, 0.717) is 18.5 Å². The van der Waals surface area contributed by atoms with Crippen molar-refractivity contribution in [1.82, 2.24) is 5.32 Å². The van der Waals surface area contributed by atoms with Crippen molar-refractivity contribution in [2.45, 2.75) is 26.2 Å². The Morgan fingerprint density at radius 3 is 2.85 bits per heavy atom. The number of hydrogen-bond donors (Lipinski definition) is 2. The summed E-state index contributed by atoms with van der Waals surface area (Å²) in [6, 6.07) is 4.26. The van der Waals surface area contributed by atoms with Crippen molar-refractivity contribution >= 4 is 5.91 Å². The second-order valence-electron chi connectivity index (χ2n) is 5.46. The molecule has 0 aromatic heterocycles. The fourth-order valence-corrected chi connectivity index (χ4v) is 1.76. The van der Waals surface area contributed by atoms with Gasteiger partial charge in [0.1, 0.15) is 5.82 Å². The van der Waals surface area contributed by atoms with Gasteiger partial charge in [-0.05, 0) is 36.5 Å². The molecule has 0 heterocycles. The van der Waals surface area contributed by atoms with Gasteiger partial charge in [0.05, 0.1) is 12.2 Å². The average molecular weight is 275 g/mol.